The molecule has 0 saturated heterocycles. The quantitative estimate of drug-likeness (QED) is 0.887. The van der Waals surface area contributed by atoms with Crippen molar-refractivity contribution in [2.75, 3.05) is 0 Å². The summed E-state index contributed by atoms with van der Waals surface area (Å²) in [5.74, 6) is 0.690. The van der Waals surface area contributed by atoms with Crippen molar-refractivity contribution in [2.24, 2.45) is 11.1 Å². The van der Waals surface area contributed by atoms with Gasteiger partial charge in [-0.05, 0) is 36.5 Å². The lowest BCUT2D eigenvalue weighted by atomic mass is 9.86. The SMILES string of the molecule is CC1CCCCC1NCc1cccc(S(N)(=O)=O)c1. The predicted molar refractivity (Wildman–Crippen MR) is 76.1 cm³/mol. The number of sulfonamides is 1. The zero-order chi connectivity index (χ0) is 13.9. The van der Waals surface area contributed by atoms with Gasteiger partial charge in [0.25, 0.3) is 0 Å². The van der Waals surface area contributed by atoms with Crippen molar-refractivity contribution < 1.29 is 8.42 Å². The van der Waals surface area contributed by atoms with Crippen LogP contribution in [0, 0.1) is 5.92 Å². The molecule has 106 valence electrons. The number of primary sulfonamides is 1. The molecule has 1 fully saturated rings. The van der Waals surface area contributed by atoms with Gasteiger partial charge in [-0.1, -0.05) is 31.9 Å². The van der Waals surface area contributed by atoms with Crippen LogP contribution in [0.1, 0.15) is 38.2 Å². The Kier molecular flexibility index (Phi) is 4.60. The van der Waals surface area contributed by atoms with Crippen LogP contribution in [0.15, 0.2) is 29.2 Å². The lowest BCUT2D eigenvalue weighted by Crippen LogP contribution is -2.36. The molecule has 0 aliphatic heterocycles. The van der Waals surface area contributed by atoms with E-state index >= 15 is 0 Å². The third kappa shape index (κ3) is 4.03. The van der Waals surface area contributed by atoms with Gasteiger partial charge in [0.05, 0.1) is 4.90 Å². The summed E-state index contributed by atoms with van der Waals surface area (Å²) in [5, 5.41) is 8.67. The van der Waals surface area contributed by atoms with Gasteiger partial charge in [-0.15, -0.1) is 0 Å². The molecule has 0 heterocycles. The van der Waals surface area contributed by atoms with Crippen LogP contribution in [0.25, 0.3) is 0 Å². The summed E-state index contributed by atoms with van der Waals surface area (Å²) in [7, 11) is -3.61. The number of rotatable bonds is 4. The van der Waals surface area contributed by atoms with Crippen LogP contribution >= 0.6 is 0 Å². The highest BCUT2D eigenvalue weighted by molar-refractivity contribution is 7.89. The Morgan fingerprint density at radius 3 is 2.74 bits per heavy atom. The van der Waals surface area contributed by atoms with Crippen LogP contribution in [0.2, 0.25) is 0 Å². The molecule has 19 heavy (non-hydrogen) atoms. The lowest BCUT2D eigenvalue weighted by molar-refractivity contribution is 0.279. The third-order valence-electron chi connectivity index (χ3n) is 3.91. The largest absolute Gasteiger partial charge is 0.310 e. The molecule has 3 N–H and O–H groups in total. The fourth-order valence-corrected chi connectivity index (χ4v) is 3.28. The number of nitrogens with one attached hydrogen (secondary N) is 1. The Morgan fingerprint density at radius 1 is 1.32 bits per heavy atom. The fraction of sp³-hybridized carbons (Fsp3) is 0.571. The Bertz CT molecular complexity index is 528. The Balaban J connectivity index is 2.00. The van der Waals surface area contributed by atoms with Crippen LogP contribution in [0.4, 0.5) is 0 Å². The molecule has 4 nitrogen and oxygen atoms in total. The summed E-state index contributed by atoms with van der Waals surface area (Å²) in [6.45, 7) is 2.97. The maximum atomic E-state index is 11.3. The normalized spacial score (nSPS) is 24.3. The van der Waals surface area contributed by atoms with Crippen molar-refractivity contribution in [3.05, 3.63) is 29.8 Å². The maximum Gasteiger partial charge on any atom is 0.238 e. The van der Waals surface area contributed by atoms with Gasteiger partial charge >= 0.3 is 0 Å². The molecule has 2 rings (SSSR count). The van der Waals surface area contributed by atoms with Gasteiger partial charge in [-0.3, -0.25) is 0 Å². The van der Waals surface area contributed by atoms with Gasteiger partial charge < -0.3 is 5.32 Å². The smallest absolute Gasteiger partial charge is 0.238 e. The fourth-order valence-electron chi connectivity index (χ4n) is 2.70. The molecule has 0 amide bonds. The number of benzene rings is 1. The topological polar surface area (TPSA) is 72.2 Å². The highest BCUT2D eigenvalue weighted by Crippen LogP contribution is 2.24. The average molecular weight is 282 g/mol. The molecule has 0 radical (unpaired) electrons. The van der Waals surface area contributed by atoms with E-state index in [1.807, 2.05) is 6.07 Å². The first-order valence-corrected chi connectivity index (χ1v) is 8.36. The van der Waals surface area contributed by atoms with E-state index in [2.05, 4.69) is 12.2 Å². The number of hydrogen-bond donors (Lipinski definition) is 2. The lowest BCUT2D eigenvalue weighted by Gasteiger charge is -2.29. The summed E-state index contributed by atoms with van der Waals surface area (Å²) in [6, 6.07) is 7.38. The minimum Gasteiger partial charge on any atom is -0.310 e. The second kappa shape index (κ2) is 6.03. The Labute approximate surface area is 115 Å². The second-order valence-corrected chi connectivity index (χ2v) is 7.00. The van der Waals surface area contributed by atoms with E-state index in [4.69, 9.17) is 5.14 Å². The summed E-state index contributed by atoms with van der Waals surface area (Å²) < 4.78 is 22.6. The van der Waals surface area contributed by atoms with E-state index in [9.17, 15) is 8.42 Å². The van der Waals surface area contributed by atoms with Crippen LogP contribution in [-0.4, -0.2) is 14.5 Å². The molecule has 1 aliphatic carbocycles. The Morgan fingerprint density at radius 2 is 2.05 bits per heavy atom. The molecule has 5 heteroatoms. The summed E-state index contributed by atoms with van der Waals surface area (Å²) in [6.07, 6.45) is 5.07. The summed E-state index contributed by atoms with van der Waals surface area (Å²) in [5.41, 5.74) is 0.962. The van der Waals surface area contributed by atoms with E-state index < -0.39 is 10.0 Å². The van der Waals surface area contributed by atoms with Crippen LogP contribution in [-0.2, 0) is 16.6 Å². The first kappa shape index (κ1) is 14.5. The van der Waals surface area contributed by atoms with Crippen LogP contribution in [0.5, 0.6) is 0 Å². The molecule has 0 aromatic heterocycles. The first-order valence-electron chi connectivity index (χ1n) is 6.82. The van der Waals surface area contributed by atoms with E-state index in [1.54, 1.807) is 12.1 Å². The summed E-state index contributed by atoms with van der Waals surface area (Å²) >= 11 is 0. The van der Waals surface area contributed by atoms with Crippen LogP contribution in [0.3, 0.4) is 0 Å². The average Bonchev–Trinajstić information content (AvgIpc) is 2.37. The van der Waals surface area contributed by atoms with Crippen molar-refractivity contribution in [2.45, 2.75) is 50.1 Å². The van der Waals surface area contributed by atoms with E-state index in [0.29, 0.717) is 18.5 Å². The number of nitrogens with two attached hydrogens (primary N) is 1. The predicted octanol–water partition coefficient (Wildman–Crippen LogP) is 2.00. The molecule has 0 bridgehead atoms. The third-order valence-corrected chi connectivity index (χ3v) is 4.82. The number of hydrogen-bond acceptors (Lipinski definition) is 3. The van der Waals surface area contributed by atoms with Gasteiger partial charge in [-0.2, -0.15) is 0 Å². The minimum atomic E-state index is -3.61. The molecule has 2 atom stereocenters. The van der Waals surface area contributed by atoms with Gasteiger partial charge in [0.2, 0.25) is 10.0 Å². The molecular weight excluding hydrogens is 260 g/mol. The monoisotopic (exact) mass is 282 g/mol. The Hall–Kier alpha value is -0.910. The van der Waals surface area contributed by atoms with Crippen molar-refractivity contribution in [1.82, 2.24) is 5.32 Å². The van der Waals surface area contributed by atoms with Crippen LogP contribution < -0.4 is 10.5 Å². The zero-order valence-corrected chi connectivity index (χ0v) is 12.1. The van der Waals surface area contributed by atoms with Crippen molar-refractivity contribution >= 4 is 10.0 Å². The molecule has 1 aromatic carbocycles. The van der Waals surface area contributed by atoms with E-state index in [1.165, 1.54) is 31.7 Å². The molecular formula is C14H22N2O2S. The molecule has 1 saturated carbocycles. The van der Waals surface area contributed by atoms with Crippen molar-refractivity contribution in [1.29, 1.82) is 0 Å². The first-order chi connectivity index (χ1) is 8.97. The highest BCUT2D eigenvalue weighted by Gasteiger charge is 2.20. The molecule has 2 unspecified atom stereocenters. The summed E-state index contributed by atoms with van der Waals surface area (Å²) in [4.78, 5) is 0.184. The molecule has 0 spiro atoms. The molecule has 1 aromatic rings. The van der Waals surface area contributed by atoms with E-state index in [-0.39, 0.29) is 4.90 Å². The van der Waals surface area contributed by atoms with Gasteiger partial charge in [0.1, 0.15) is 0 Å². The van der Waals surface area contributed by atoms with E-state index in [0.717, 1.165) is 5.56 Å². The second-order valence-electron chi connectivity index (χ2n) is 5.44. The zero-order valence-electron chi connectivity index (χ0n) is 11.3. The minimum absolute atomic E-state index is 0.184. The van der Waals surface area contributed by atoms with Gasteiger partial charge in [-0.25, -0.2) is 13.6 Å². The van der Waals surface area contributed by atoms with Gasteiger partial charge in [0, 0.05) is 12.6 Å². The van der Waals surface area contributed by atoms with Gasteiger partial charge in [0.15, 0.2) is 0 Å². The van der Waals surface area contributed by atoms with Crippen molar-refractivity contribution in [3.8, 4) is 0 Å². The molecule has 1 aliphatic rings. The maximum absolute atomic E-state index is 11.3. The highest BCUT2D eigenvalue weighted by atomic mass is 32.2. The van der Waals surface area contributed by atoms with Crippen molar-refractivity contribution in [3.63, 3.8) is 0 Å². The standard InChI is InChI=1S/C14H22N2O2S/c1-11-5-2-3-8-14(11)16-10-12-6-4-7-13(9-12)19(15,17)18/h4,6-7,9,11,14,16H,2-3,5,8,10H2,1H3,(H2,15,17,18).